The standard InChI is InChI=1S/C17H30N4/c1-5-15(6-2)12-21-17(18-7-3)19-11-10-16-9-8-14(4)20-13-16/h8-9,13,15H,5-7,10-12H2,1-4H3,(H2,18,19,21). The first kappa shape index (κ1) is 17.5. The number of guanidine groups is 1. The highest BCUT2D eigenvalue weighted by Crippen LogP contribution is 2.07. The van der Waals surface area contributed by atoms with Gasteiger partial charge in [-0.15, -0.1) is 0 Å². The second-order valence-electron chi connectivity index (χ2n) is 5.39. The van der Waals surface area contributed by atoms with Gasteiger partial charge in [-0.25, -0.2) is 0 Å². The molecule has 0 fully saturated rings. The van der Waals surface area contributed by atoms with Crippen molar-refractivity contribution in [2.24, 2.45) is 10.9 Å². The molecule has 1 heterocycles. The van der Waals surface area contributed by atoms with E-state index in [1.807, 2.05) is 13.1 Å². The summed E-state index contributed by atoms with van der Waals surface area (Å²) in [6, 6.07) is 4.19. The molecule has 0 aliphatic rings. The van der Waals surface area contributed by atoms with Crippen LogP contribution in [-0.2, 0) is 6.42 Å². The Morgan fingerprint density at radius 2 is 1.95 bits per heavy atom. The van der Waals surface area contributed by atoms with E-state index in [0.717, 1.165) is 37.7 Å². The van der Waals surface area contributed by atoms with E-state index < -0.39 is 0 Å². The van der Waals surface area contributed by atoms with E-state index in [0.29, 0.717) is 5.92 Å². The van der Waals surface area contributed by atoms with Crippen molar-refractivity contribution in [1.29, 1.82) is 0 Å². The largest absolute Gasteiger partial charge is 0.357 e. The van der Waals surface area contributed by atoms with Crippen molar-refractivity contribution in [3.8, 4) is 0 Å². The van der Waals surface area contributed by atoms with Crippen LogP contribution in [0.5, 0.6) is 0 Å². The van der Waals surface area contributed by atoms with Gasteiger partial charge in [-0.2, -0.15) is 0 Å². The minimum absolute atomic E-state index is 0.682. The molecule has 4 nitrogen and oxygen atoms in total. The summed E-state index contributed by atoms with van der Waals surface area (Å²) in [7, 11) is 0. The van der Waals surface area contributed by atoms with Gasteiger partial charge in [0.2, 0.25) is 0 Å². The molecule has 0 amide bonds. The fourth-order valence-corrected chi connectivity index (χ4v) is 2.08. The van der Waals surface area contributed by atoms with Gasteiger partial charge in [0.1, 0.15) is 0 Å². The third-order valence-corrected chi connectivity index (χ3v) is 3.69. The summed E-state index contributed by atoms with van der Waals surface area (Å²) < 4.78 is 0. The molecule has 0 spiro atoms. The third-order valence-electron chi connectivity index (χ3n) is 3.69. The number of rotatable bonds is 8. The molecule has 0 atom stereocenters. The smallest absolute Gasteiger partial charge is 0.191 e. The van der Waals surface area contributed by atoms with E-state index in [1.165, 1.54) is 18.4 Å². The Hall–Kier alpha value is -1.58. The topological polar surface area (TPSA) is 49.3 Å². The van der Waals surface area contributed by atoms with Crippen LogP contribution in [0.4, 0.5) is 0 Å². The average molecular weight is 290 g/mol. The lowest BCUT2D eigenvalue weighted by molar-refractivity contribution is 0.504. The number of hydrogen-bond donors (Lipinski definition) is 2. The highest BCUT2D eigenvalue weighted by Gasteiger charge is 2.03. The van der Waals surface area contributed by atoms with Crippen molar-refractivity contribution in [2.45, 2.75) is 47.0 Å². The lowest BCUT2D eigenvalue weighted by Crippen LogP contribution is -2.38. The summed E-state index contributed by atoms with van der Waals surface area (Å²) in [6.07, 6.45) is 5.29. The van der Waals surface area contributed by atoms with Gasteiger partial charge in [0.25, 0.3) is 0 Å². The maximum Gasteiger partial charge on any atom is 0.191 e. The lowest BCUT2D eigenvalue weighted by Gasteiger charge is -2.14. The summed E-state index contributed by atoms with van der Waals surface area (Å²) in [6.45, 7) is 11.2. The average Bonchev–Trinajstić information content (AvgIpc) is 2.50. The number of aliphatic imine (C=N–C) groups is 1. The molecule has 0 saturated carbocycles. The molecule has 118 valence electrons. The van der Waals surface area contributed by atoms with Gasteiger partial charge in [-0.1, -0.05) is 32.8 Å². The van der Waals surface area contributed by atoms with Crippen LogP contribution < -0.4 is 10.6 Å². The number of aryl methyl sites for hydroxylation is 1. The number of aromatic nitrogens is 1. The Kier molecular flexibility index (Phi) is 8.48. The van der Waals surface area contributed by atoms with Gasteiger partial charge < -0.3 is 10.6 Å². The van der Waals surface area contributed by atoms with Crippen LogP contribution in [0.1, 0.15) is 44.9 Å². The molecular weight excluding hydrogens is 260 g/mol. The predicted molar refractivity (Wildman–Crippen MR) is 90.7 cm³/mol. The molecule has 0 radical (unpaired) electrons. The van der Waals surface area contributed by atoms with Crippen molar-refractivity contribution >= 4 is 5.96 Å². The van der Waals surface area contributed by atoms with Crippen molar-refractivity contribution in [2.75, 3.05) is 19.6 Å². The van der Waals surface area contributed by atoms with Crippen LogP contribution in [0.3, 0.4) is 0 Å². The summed E-state index contributed by atoms with van der Waals surface area (Å²) >= 11 is 0. The number of nitrogens with zero attached hydrogens (tertiary/aromatic N) is 2. The Bertz CT molecular complexity index is 407. The van der Waals surface area contributed by atoms with E-state index in [2.05, 4.69) is 53.5 Å². The number of hydrogen-bond acceptors (Lipinski definition) is 2. The second-order valence-corrected chi connectivity index (χ2v) is 5.39. The molecule has 21 heavy (non-hydrogen) atoms. The number of nitrogens with one attached hydrogen (secondary N) is 2. The normalized spacial score (nSPS) is 11.8. The van der Waals surface area contributed by atoms with E-state index in [1.54, 1.807) is 0 Å². The quantitative estimate of drug-likeness (QED) is 0.572. The van der Waals surface area contributed by atoms with Crippen LogP contribution in [0.15, 0.2) is 23.3 Å². The Balaban J connectivity index is 2.43. The molecule has 0 aliphatic carbocycles. The van der Waals surface area contributed by atoms with Gasteiger partial charge in [0.05, 0.1) is 0 Å². The van der Waals surface area contributed by atoms with Crippen LogP contribution in [-0.4, -0.2) is 30.6 Å². The highest BCUT2D eigenvalue weighted by molar-refractivity contribution is 5.79. The Morgan fingerprint density at radius 3 is 2.52 bits per heavy atom. The van der Waals surface area contributed by atoms with Gasteiger partial charge >= 0.3 is 0 Å². The van der Waals surface area contributed by atoms with Gasteiger partial charge in [-0.3, -0.25) is 9.98 Å². The molecule has 0 aromatic carbocycles. The zero-order valence-electron chi connectivity index (χ0n) is 13.9. The highest BCUT2D eigenvalue weighted by atomic mass is 15.2. The summed E-state index contributed by atoms with van der Waals surface area (Å²) in [5.74, 6) is 1.60. The summed E-state index contributed by atoms with van der Waals surface area (Å²) in [5.41, 5.74) is 2.32. The lowest BCUT2D eigenvalue weighted by atomic mass is 10.0. The Labute approximate surface area is 129 Å². The van der Waals surface area contributed by atoms with Gasteiger partial charge in [-0.05, 0) is 37.8 Å². The Morgan fingerprint density at radius 1 is 1.19 bits per heavy atom. The molecule has 4 heteroatoms. The van der Waals surface area contributed by atoms with Crippen molar-refractivity contribution in [1.82, 2.24) is 15.6 Å². The van der Waals surface area contributed by atoms with Crippen molar-refractivity contribution in [3.05, 3.63) is 29.6 Å². The molecule has 1 rings (SSSR count). The van der Waals surface area contributed by atoms with Crippen molar-refractivity contribution < 1.29 is 0 Å². The minimum Gasteiger partial charge on any atom is -0.357 e. The molecule has 0 unspecified atom stereocenters. The SMILES string of the molecule is CCNC(=NCC(CC)CC)NCCc1ccc(C)nc1. The van der Waals surface area contributed by atoms with Crippen LogP contribution in [0.25, 0.3) is 0 Å². The molecule has 2 N–H and O–H groups in total. The fraction of sp³-hybridized carbons (Fsp3) is 0.647. The summed E-state index contributed by atoms with van der Waals surface area (Å²) in [4.78, 5) is 9.00. The third kappa shape index (κ3) is 7.11. The first-order valence-electron chi connectivity index (χ1n) is 8.13. The monoisotopic (exact) mass is 290 g/mol. The molecule has 0 bridgehead atoms. The molecule has 1 aromatic heterocycles. The van der Waals surface area contributed by atoms with E-state index in [4.69, 9.17) is 0 Å². The van der Waals surface area contributed by atoms with Gasteiger partial charge in [0.15, 0.2) is 5.96 Å². The first-order valence-corrected chi connectivity index (χ1v) is 8.13. The second kappa shape index (κ2) is 10.2. The first-order chi connectivity index (χ1) is 10.2. The van der Waals surface area contributed by atoms with Crippen LogP contribution in [0, 0.1) is 12.8 Å². The molecule has 0 saturated heterocycles. The number of pyridine rings is 1. The zero-order valence-corrected chi connectivity index (χ0v) is 13.9. The van der Waals surface area contributed by atoms with Crippen LogP contribution in [0.2, 0.25) is 0 Å². The van der Waals surface area contributed by atoms with E-state index in [-0.39, 0.29) is 0 Å². The van der Waals surface area contributed by atoms with Crippen molar-refractivity contribution in [3.63, 3.8) is 0 Å². The maximum atomic E-state index is 4.68. The fourth-order valence-electron chi connectivity index (χ4n) is 2.08. The summed E-state index contributed by atoms with van der Waals surface area (Å²) in [5, 5.41) is 6.70. The van der Waals surface area contributed by atoms with E-state index in [9.17, 15) is 0 Å². The molecule has 0 aliphatic heterocycles. The van der Waals surface area contributed by atoms with Gasteiger partial charge in [0, 0.05) is 31.5 Å². The maximum absolute atomic E-state index is 4.68. The molecular formula is C17H30N4. The van der Waals surface area contributed by atoms with E-state index >= 15 is 0 Å². The predicted octanol–water partition coefficient (Wildman–Crippen LogP) is 2.92. The molecule has 1 aromatic rings. The zero-order chi connectivity index (χ0) is 15.5. The van der Waals surface area contributed by atoms with Crippen LogP contribution >= 0.6 is 0 Å². The minimum atomic E-state index is 0.682.